The molecule has 0 atom stereocenters. The van der Waals surface area contributed by atoms with E-state index in [0.29, 0.717) is 35.4 Å². The fraction of sp³-hybridized carbons (Fsp3) is 0.385. The van der Waals surface area contributed by atoms with Gasteiger partial charge in [-0.2, -0.15) is 0 Å². The summed E-state index contributed by atoms with van der Waals surface area (Å²) in [5.41, 5.74) is 4.70. The van der Waals surface area contributed by atoms with Gasteiger partial charge in [0.1, 0.15) is 5.52 Å². The first-order valence-corrected chi connectivity index (χ1v) is 11.8. The first kappa shape index (κ1) is 21.4. The maximum Gasteiger partial charge on any atom is 0.327 e. The van der Waals surface area contributed by atoms with Crippen molar-refractivity contribution in [1.29, 1.82) is 0 Å². The van der Waals surface area contributed by atoms with Gasteiger partial charge >= 0.3 is 5.69 Å². The number of nitrogens with zero attached hydrogens (tertiary/aromatic N) is 5. The van der Waals surface area contributed by atoms with E-state index in [1.54, 1.807) is 10.8 Å². The molecule has 3 aromatic heterocycles. The number of hydrogen-bond donors (Lipinski definition) is 1. The summed E-state index contributed by atoms with van der Waals surface area (Å²) in [6.45, 7) is 7.06. The summed E-state index contributed by atoms with van der Waals surface area (Å²) in [5, 5.41) is 0. The smallest absolute Gasteiger partial charge is 0.327 e. The Labute approximate surface area is 193 Å². The van der Waals surface area contributed by atoms with E-state index in [9.17, 15) is 4.79 Å². The van der Waals surface area contributed by atoms with Crippen LogP contribution in [0.15, 0.2) is 59.8 Å². The molecule has 1 aliphatic heterocycles. The lowest BCUT2D eigenvalue weighted by atomic mass is 9.93. The molecule has 7 heteroatoms. The number of piperidine rings is 1. The molecule has 1 fully saturated rings. The maximum atomic E-state index is 12.7. The van der Waals surface area contributed by atoms with Crippen molar-refractivity contribution in [2.24, 2.45) is 5.92 Å². The van der Waals surface area contributed by atoms with Crippen LogP contribution in [0.4, 0.5) is 5.69 Å². The number of pyridine rings is 1. The number of hydrogen-bond acceptors (Lipinski definition) is 5. The molecule has 0 radical (unpaired) electrons. The lowest BCUT2D eigenvalue weighted by Gasteiger charge is -2.33. The van der Waals surface area contributed by atoms with Crippen LogP contribution in [-0.4, -0.2) is 37.6 Å². The average molecular weight is 443 g/mol. The summed E-state index contributed by atoms with van der Waals surface area (Å²) in [6.07, 6.45) is 8.68. The van der Waals surface area contributed by atoms with Crippen LogP contribution >= 0.6 is 0 Å². The highest BCUT2D eigenvalue weighted by Gasteiger charge is 2.21. The van der Waals surface area contributed by atoms with Crippen molar-refractivity contribution in [3.05, 3.63) is 71.0 Å². The molecule has 0 unspecified atom stereocenters. The van der Waals surface area contributed by atoms with Crippen LogP contribution in [0, 0.1) is 5.92 Å². The van der Waals surface area contributed by atoms with Crippen molar-refractivity contribution < 1.29 is 0 Å². The van der Waals surface area contributed by atoms with E-state index in [0.717, 1.165) is 37.9 Å². The number of anilines is 1. The maximum absolute atomic E-state index is 12.7. The zero-order valence-corrected chi connectivity index (χ0v) is 19.2. The topological polar surface area (TPSA) is 79.7 Å². The lowest BCUT2D eigenvalue weighted by molar-refractivity contribution is 0.361. The number of H-pyrrole nitrogens is 1. The fourth-order valence-corrected chi connectivity index (χ4v) is 4.82. The van der Waals surface area contributed by atoms with Gasteiger partial charge in [-0.05, 0) is 48.8 Å². The number of aromatic nitrogens is 5. The quantitative estimate of drug-likeness (QED) is 0.472. The minimum atomic E-state index is -0.110. The van der Waals surface area contributed by atoms with Gasteiger partial charge in [-0.3, -0.25) is 9.55 Å². The summed E-state index contributed by atoms with van der Waals surface area (Å²) < 4.78 is 1.78. The van der Waals surface area contributed by atoms with E-state index in [1.165, 1.54) is 11.3 Å². The molecular weight excluding hydrogens is 412 g/mol. The Kier molecular flexibility index (Phi) is 5.94. The molecule has 1 aromatic carbocycles. The number of imidazole rings is 1. The summed E-state index contributed by atoms with van der Waals surface area (Å²) in [4.78, 5) is 31.6. The largest absolute Gasteiger partial charge is 0.370 e. The molecule has 1 N–H and O–H groups in total. The van der Waals surface area contributed by atoms with Crippen molar-refractivity contribution in [3.63, 3.8) is 0 Å². The highest BCUT2D eigenvalue weighted by Crippen LogP contribution is 2.28. The van der Waals surface area contributed by atoms with E-state index >= 15 is 0 Å². The number of aromatic amines is 1. The standard InChI is InChI=1S/C26H30N6O/c1-18(2)21-7-3-4-8-22(21)24-28-17-23-25(30-24)32(26(33)29-23)15-11-19-9-13-31(14-10-19)20-6-5-12-27-16-20/h3-8,12,16-19H,9-11,13-15H2,1-2H3,(H,29,33). The molecule has 0 amide bonds. The molecule has 7 nitrogen and oxygen atoms in total. The molecule has 4 heterocycles. The molecule has 33 heavy (non-hydrogen) atoms. The number of benzene rings is 1. The van der Waals surface area contributed by atoms with Crippen molar-refractivity contribution in [2.45, 2.75) is 45.6 Å². The summed E-state index contributed by atoms with van der Waals surface area (Å²) in [7, 11) is 0. The van der Waals surface area contributed by atoms with Crippen LogP contribution in [0.2, 0.25) is 0 Å². The second kappa shape index (κ2) is 9.17. The van der Waals surface area contributed by atoms with Gasteiger partial charge in [0.2, 0.25) is 0 Å². The Morgan fingerprint density at radius 2 is 1.91 bits per heavy atom. The number of aryl methyl sites for hydroxylation is 1. The van der Waals surface area contributed by atoms with Gasteiger partial charge < -0.3 is 9.88 Å². The number of fused-ring (bicyclic) bond motifs is 1. The molecule has 4 aromatic rings. The van der Waals surface area contributed by atoms with Crippen LogP contribution in [-0.2, 0) is 6.54 Å². The third-order valence-corrected chi connectivity index (χ3v) is 6.72. The lowest BCUT2D eigenvalue weighted by Crippen LogP contribution is -2.34. The molecular formula is C26H30N6O. The minimum absolute atomic E-state index is 0.110. The highest BCUT2D eigenvalue weighted by molar-refractivity contribution is 5.73. The predicted molar refractivity (Wildman–Crippen MR) is 131 cm³/mol. The fourth-order valence-electron chi connectivity index (χ4n) is 4.82. The molecule has 0 saturated carbocycles. The second-order valence-electron chi connectivity index (χ2n) is 9.18. The Morgan fingerprint density at radius 1 is 1.09 bits per heavy atom. The van der Waals surface area contributed by atoms with E-state index in [1.807, 2.05) is 30.6 Å². The van der Waals surface area contributed by atoms with Gasteiger partial charge in [-0.1, -0.05) is 38.1 Å². The first-order chi connectivity index (χ1) is 16.1. The Hall–Kier alpha value is -3.48. The van der Waals surface area contributed by atoms with Crippen LogP contribution in [0.25, 0.3) is 22.6 Å². The van der Waals surface area contributed by atoms with E-state index in [4.69, 9.17) is 4.98 Å². The van der Waals surface area contributed by atoms with Crippen LogP contribution in [0.3, 0.4) is 0 Å². The highest BCUT2D eigenvalue weighted by atomic mass is 16.1. The zero-order chi connectivity index (χ0) is 22.8. The number of nitrogens with one attached hydrogen (secondary N) is 1. The van der Waals surface area contributed by atoms with Crippen molar-refractivity contribution in [3.8, 4) is 11.4 Å². The summed E-state index contributed by atoms with van der Waals surface area (Å²) in [6, 6.07) is 12.3. The number of rotatable bonds is 6. The molecule has 0 spiro atoms. The Bertz CT molecular complexity index is 1290. The molecule has 170 valence electrons. The third-order valence-electron chi connectivity index (χ3n) is 6.72. The normalized spacial score (nSPS) is 14.9. The van der Waals surface area contributed by atoms with Gasteiger partial charge in [-0.25, -0.2) is 14.8 Å². The second-order valence-corrected chi connectivity index (χ2v) is 9.18. The van der Waals surface area contributed by atoms with Crippen molar-refractivity contribution in [2.75, 3.05) is 18.0 Å². The summed E-state index contributed by atoms with van der Waals surface area (Å²) in [5.74, 6) is 1.63. The molecule has 5 rings (SSSR count). The predicted octanol–water partition coefficient (Wildman–Crippen LogP) is 4.61. The SMILES string of the molecule is CC(C)c1ccccc1-c1ncc2[nH]c(=O)n(CCC3CCN(c4cccnc4)CC3)c2n1. The monoisotopic (exact) mass is 442 g/mol. The van der Waals surface area contributed by atoms with E-state index in [-0.39, 0.29) is 5.69 Å². The molecule has 1 aliphatic rings. The van der Waals surface area contributed by atoms with Crippen molar-refractivity contribution >= 4 is 16.9 Å². The Balaban J connectivity index is 1.33. The van der Waals surface area contributed by atoms with Gasteiger partial charge in [0.05, 0.1) is 18.1 Å². The van der Waals surface area contributed by atoms with Gasteiger partial charge in [0.25, 0.3) is 0 Å². The van der Waals surface area contributed by atoms with Gasteiger partial charge in [0.15, 0.2) is 11.5 Å². The first-order valence-electron chi connectivity index (χ1n) is 11.8. The zero-order valence-electron chi connectivity index (χ0n) is 19.2. The van der Waals surface area contributed by atoms with Crippen molar-refractivity contribution in [1.82, 2.24) is 24.5 Å². The van der Waals surface area contributed by atoms with Crippen LogP contribution in [0.5, 0.6) is 0 Å². The molecule has 0 aliphatic carbocycles. The molecule has 0 bridgehead atoms. The van der Waals surface area contributed by atoms with Crippen LogP contribution < -0.4 is 10.6 Å². The van der Waals surface area contributed by atoms with Crippen LogP contribution in [0.1, 0.15) is 44.6 Å². The van der Waals surface area contributed by atoms with Gasteiger partial charge in [-0.15, -0.1) is 0 Å². The summed E-state index contributed by atoms with van der Waals surface area (Å²) >= 11 is 0. The average Bonchev–Trinajstić information content (AvgIpc) is 3.17. The molecule has 1 saturated heterocycles. The minimum Gasteiger partial charge on any atom is -0.370 e. The van der Waals surface area contributed by atoms with Gasteiger partial charge in [0, 0.05) is 31.4 Å². The Morgan fingerprint density at radius 3 is 2.67 bits per heavy atom. The van der Waals surface area contributed by atoms with E-state index in [2.05, 4.69) is 51.9 Å². The third kappa shape index (κ3) is 4.40. The van der Waals surface area contributed by atoms with E-state index < -0.39 is 0 Å².